The molecule has 2 heterocycles. The molecule has 4 aromatic carbocycles. The number of rotatable bonds is 14. The molecule has 16 nitrogen and oxygen atoms in total. The topological polar surface area (TPSA) is 216 Å². The summed E-state index contributed by atoms with van der Waals surface area (Å²) in [5.74, 6) is -4.21. The Morgan fingerprint density at radius 3 is 2.32 bits per heavy atom. The van der Waals surface area contributed by atoms with Crippen molar-refractivity contribution < 1.29 is 46.4 Å². The zero-order valence-corrected chi connectivity index (χ0v) is 32.6. The number of hydrogen-bond acceptors (Lipinski definition) is 11. The standard InChI is InChI=1S/C42H37FN6O10S/c1-3-27-23-42(27,41(53)47-60(56,57)31-12-8-5-9-13-31)46-39(51)35-21-30(24-48(35)40(52)37(43)45-38(50)26-14-16-28(17-15-26)49(54)55)59-36-22-33(25-10-6-4-7-11-25)44-34-20-29(58-2)18-19-32(34)36/h3-20,22,27,30,35,37H,1,21,23-24H2,2H3,(H,45,50)(H,46,51)(H,47,53)/t27-,30-,35+,37?,42-/m1/s1. The van der Waals surface area contributed by atoms with Gasteiger partial charge in [-0.2, -0.15) is 0 Å². The van der Waals surface area contributed by atoms with Crippen molar-refractivity contribution in [2.45, 2.75) is 41.7 Å². The van der Waals surface area contributed by atoms with Crippen LogP contribution < -0.4 is 24.8 Å². The molecule has 1 aromatic heterocycles. The molecule has 5 atom stereocenters. The minimum Gasteiger partial charge on any atom is -0.497 e. The first kappa shape index (κ1) is 41.0. The summed E-state index contributed by atoms with van der Waals surface area (Å²) in [4.78, 5) is 70.6. The molecule has 18 heteroatoms. The van der Waals surface area contributed by atoms with E-state index in [-0.39, 0.29) is 35.5 Å². The van der Waals surface area contributed by atoms with Crippen molar-refractivity contribution in [2.24, 2.45) is 5.92 Å². The average molecular weight is 837 g/mol. The number of pyridine rings is 1. The molecule has 4 amide bonds. The lowest BCUT2D eigenvalue weighted by Gasteiger charge is -2.27. The van der Waals surface area contributed by atoms with Gasteiger partial charge >= 0.3 is 0 Å². The Balaban J connectivity index is 1.18. The van der Waals surface area contributed by atoms with Crippen molar-refractivity contribution in [3.8, 4) is 22.8 Å². The Kier molecular flexibility index (Phi) is 11.3. The highest BCUT2D eigenvalue weighted by molar-refractivity contribution is 7.90. The van der Waals surface area contributed by atoms with E-state index in [2.05, 4.69) is 11.9 Å². The Bertz CT molecular complexity index is 2620. The minimum absolute atomic E-state index is 0.0231. The smallest absolute Gasteiger partial charge is 0.278 e. The fourth-order valence-corrected chi connectivity index (χ4v) is 8.12. The molecule has 1 aliphatic heterocycles. The number of carbonyl (C=O) groups excluding carboxylic acids is 4. The van der Waals surface area contributed by atoms with Gasteiger partial charge in [-0.1, -0.05) is 54.6 Å². The highest BCUT2D eigenvalue weighted by atomic mass is 32.2. The summed E-state index contributed by atoms with van der Waals surface area (Å²) in [6.07, 6.45) is -2.52. The van der Waals surface area contributed by atoms with Crippen LogP contribution in [0.25, 0.3) is 22.2 Å². The molecule has 0 bridgehead atoms. The van der Waals surface area contributed by atoms with Crippen LogP contribution in [-0.2, 0) is 24.4 Å². The molecule has 1 unspecified atom stereocenters. The van der Waals surface area contributed by atoms with E-state index in [0.29, 0.717) is 28.1 Å². The van der Waals surface area contributed by atoms with Crippen molar-refractivity contribution in [3.63, 3.8) is 0 Å². The van der Waals surface area contributed by atoms with Crippen molar-refractivity contribution in [1.82, 2.24) is 25.2 Å². The first-order valence-corrected chi connectivity index (χ1v) is 20.0. The summed E-state index contributed by atoms with van der Waals surface area (Å²) in [7, 11) is -2.85. The summed E-state index contributed by atoms with van der Waals surface area (Å²) in [5.41, 5.74) is -0.467. The van der Waals surface area contributed by atoms with E-state index < -0.39 is 68.5 Å². The van der Waals surface area contributed by atoms with Gasteiger partial charge in [-0.15, -0.1) is 6.58 Å². The van der Waals surface area contributed by atoms with Crippen LogP contribution in [0.15, 0.2) is 127 Å². The van der Waals surface area contributed by atoms with Gasteiger partial charge in [0.05, 0.1) is 34.7 Å². The number of hydrogen-bond donors (Lipinski definition) is 3. The molecule has 3 N–H and O–H groups in total. The maximum atomic E-state index is 15.9. The van der Waals surface area contributed by atoms with Crippen molar-refractivity contribution in [2.75, 3.05) is 13.7 Å². The normalized spacial score (nSPS) is 20.0. The minimum atomic E-state index is -4.36. The van der Waals surface area contributed by atoms with E-state index in [0.717, 1.165) is 34.7 Å². The number of alkyl halides is 1. The molecule has 0 radical (unpaired) electrons. The van der Waals surface area contributed by atoms with E-state index >= 15 is 4.39 Å². The molecule has 5 aromatic rings. The number of benzene rings is 4. The number of amides is 4. The predicted molar refractivity (Wildman–Crippen MR) is 215 cm³/mol. The lowest BCUT2D eigenvalue weighted by Crippen LogP contribution is -2.57. The molecule has 7 rings (SSSR count). The van der Waals surface area contributed by atoms with Gasteiger partial charge in [0.25, 0.3) is 39.7 Å². The molecule has 1 aliphatic carbocycles. The highest BCUT2D eigenvalue weighted by Crippen LogP contribution is 2.45. The highest BCUT2D eigenvalue weighted by Gasteiger charge is 2.61. The number of non-ortho nitro benzene ring substituents is 1. The van der Waals surface area contributed by atoms with E-state index in [9.17, 15) is 37.7 Å². The van der Waals surface area contributed by atoms with Gasteiger partial charge in [-0.3, -0.25) is 29.3 Å². The van der Waals surface area contributed by atoms with Gasteiger partial charge in [0.1, 0.15) is 29.2 Å². The van der Waals surface area contributed by atoms with Crippen molar-refractivity contribution >= 4 is 50.2 Å². The quantitative estimate of drug-likeness (QED) is 0.0614. The van der Waals surface area contributed by atoms with Crippen molar-refractivity contribution in [3.05, 3.63) is 138 Å². The molecule has 2 fully saturated rings. The second-order valence-corrected chi connectivity index (χ2v) is 15.8. The number of ether oxygens (including phenoxy) is 2. The fraction of sp³-hybridized carbons (Fsp3) is 0.214. The summed E-state index contributed by atoms with van der Waals surface area (Å²) < 4.78 is 56.0. The SMILES string of the molecule is C=C[C@@H]1C[C@]1(NC(=O)[C@@H]1C[C@@H](Oc2cc(-c3ccccc3)nc3cc(OC)ccc23)CN1C(=O)C(F)NC(=O)c1ccc([N+](=O)[O-])cc1)C(=O)NS(=O)(=O)c1ccccc1. The van der Waals surface area contributed by atoms with E-state index in [1.165, 1.54) is 37.5 Å². The summed E-state index contributed by atoms with van der Waals surface area (Å²) in [5, 5.41) is 16.2. The number of nitro groups is 1. The number of likely N-dealkylation sites (tertiary alicyclic amines) is 1. The van der Waals surface area contributed by atoms with Gasteiger partial charge in [-0.25, -0.2) is 22.5 Å². The Morgan fingerprint density at radius 1 is 1.00 bits per heavy atom. The Hall–Kier alpha value is -7.21. The largest absolute Gasteiger partial charge is 0.497 e. The maximum absolute atomic E-state index is 15.9. The van der Waals surface area contributed by atoms with Crippen LogP contribution >= 0.6 is 0 Å². The fourth-order valence-electron chi connectivity index (χ4n) is 7.06. The first-order chi connectivity index (χ1) is 28.7. The number of aromatic nitrogens is 1. The monoisotopic (exact) mass is 836 g/mol. The van der Waals surface area contributed by atoms with Crippen LogP contribution in [0.2, 0.25) is 0 Å². The maximum Gasteiger partial charge on any atom is 0.278 e. The van der Waals surface area contributed by atoms with E-state index in [4.69, 9.17) is 14.5 Å². The van der Waals surface area contributed by atoms with Crippen LogP contribution in [0.3, 0.4) is 0 Å². The number of carbonyl (C=O) groups is 4. The number of fused-ring (bicyclic) bond motifs is 1. The second-order valence-electron chi connectivity index (χ2n) is 14.1. The van der Waals surface area contributed by atoms with Crippen LogP contribution in [0.4, 0.5) is 10.1 Å². The van der Waals surface area contributed by atoms with Crippen LogP contribution in [0.1, 0.15) is 23.2 Å². The molecule has 60 heavy (non-hydrogen) atoms. The molecule has 1 saturated carbocycles. The van der Waals surface area contributed by atoms with Crippen LogP contribution in [0, 0.1) is 16.0 Å². The van der Waals surface area contributed by atoms with Crippen LogP contribution in [-0.4, -0.2) is 84.5 Å². The third kappa shape index (κ3) is 8.35. The number of nitrogens with zero attached hydrogens (tertiary/aromatic N) is 3. The third-order valence-corrected chi connectivity index (χ3v) is 11.7. The molecule has 1 saturated heterocycles. The summed E-state index contributed by atoms with van der Waals surface area (Å²) in [6.45, 7) is 3.35. The van der Waals surface area contributed by atoms with Gasteiger partial charge in [0.15, 0.2) is 0 Å². The molecular weight excluding hydrogens is 800 g/mol. The second kappa shape index (κ2) is 16.6. The summed E-state index contributed by atoms with van der Waals surface area (Å²) in [6, 6.07) is 26.0. The predicted octanol–water partition coefficient (Wildman–Crippen LogP) is 4.46. The van der Waals surface area contributed by atoms with Gasteiger partial charge in [0.2, 0.25) is 5.91 Å². The number of methoxy groups -OCH3 is 1. The Labute approximate surface area is 342 Å². The zero-order valence-electron chi connectivity index (χ0n) is 31.8. The third-order valence-electron chi connectivity index (χ3n) is 10.3. The summed E-state index contributed by atoms with van der Waals surface area (Å²) >= 11 is 0. The molecule has 2 aliphatic rings. The lowest BCUT2D eigenvalue weighted by molar-refractivity contribution is -0.384. The van der Waals surface area contributed by atoms with Crippen molar-refractivity contribution in [1.29, 1.82) is 0 Å². The molecular formula is C42H37FN6O10S. The first-order valence-electron chi connectivity index (χ1n) is 18.5. The van der Waals surface area contributed by atoms with Gasteiger partial charge in [0, 0.05) is 53.1 Å². The van der Waals surface area contributed by atoms with E-state index in [1.807, 2.05) is 40.4 Å². The Morgan fingerprint density at radius 2 is 1.68 bits per heavy atom. The zero-order chi connectivity index (χ0) is 42.8. The lowest BCUT2D eigenvalue weighted by atomic mass is 10.1. The number of nitrogens with one attached hydrogen (secondary N) is 3. The molecule has 0 spiro atoms. The van der Waals surface area contributed by atoms with Gasteiger partial charge in [-0.05, 0) is 42.8 Å². The van der Waals surface area contributed by atoms with Gasteiger partial charge < -0.3 is 25.0 Å². The number of sulfonamides is 1. The number of nitro benzene ring substituents is 1. The molecule has 308 valence electrons. The van der Waals surface area contributed by atoms with E-state index in [1.54, 1.807) is 30.3 Å². The number of halogens is 1. The average Bonchev–Trinajstić information content (AvgIpc) is 3.82. The van der Waals surface area contributed by atoms with Crippen LogP contribution in [0.5, 0.6) is 11.5 Å².